The third-order valence-corrected chi connectivity index (χ3v) is 5.41. The molecule has 0 saturated carbocycles. The van der Waals surface area contributed by atoms with Crippen molar-refractivity contribution in [1.29, 1.82) is 0 Å². The number of benzene rings is 2. The molecule has 0 saturated heterocycles. The van der Waals surface area contributed by atoms with Crippen molar-refractivity contribution in [1.82, 2.24) is 4.90 Å². The zero-order chi connectivity index (χ0) is 21.0. The summed E-state index contributed by atoms with van der Waals surface area (Å²) in [7, 11) is 1.58. The molecule has 1 heterocycles. The molecule has 0 N–H and O–H groups in total. The fourth-order valence-corrected chi connectivity index (χ4v) is 4.08. The van der Waals surface area contributed by atoms with Crippen LogP contribution >= 0.6 is 11.8 Å². The molecule has 1 aliphatic rings. The van der Waals surface area contributed by atoms with E-state index in [1.807, 2.05) is 69.3 Å². The molecule has 2 amide bonds. The lowest BCUT2D eigenvalue weighted by atomic mass is 10.1. The van der Waals surface area contributed by atoms with Crippen LogP contribution in [0.5, 0.6) is 11.5 Å². The summed E-state index contributed by atoms with van der Waals surface area (Å²) in [5, 5.41) is 0. The third kappa shape index (κ3) is 4.48. The largest absolute Gasteiger partial charge is 0.496 e. The molecular formula is C23H25NO4S. The topological polar surface area (TPSA) is 55.8 Å². The lowest BCUT2D eigenvalue weighted by molar-refractivity contribution is -0.137. The minimum atomic E-state index is -0.283. The predicted octanol–water partition coefficient (Wildman–Crippen LogP) is 4.52. The van der Waals surface area contributed by atoms with E-state index in [9.17, 15) is 9.59 Å². The van der Waals surface area contributed by atoms with Gasteiger partial charge in [-0.15, -0.1) is 11.8 Å². The Morgan fingerprint density at radius 3 is 2.31 bits per heavy atom. The summed E-state index contributed by atoms with van der Waals surface area (Å²) >= 11 is 1.40. The fourth-order valence-electron chi connectivity index (χ4n) is 3.21. The van der Waals surface area contributed by atoms with Gasteiger partial charge in [-0.3, -0.25) is 14.5 Å². The molecule has 29 heavy (non-hydrogen) atoms. The van der Waals surface area contributed by atoms with Crippen molar-refractivity contribution in [3.8, 4) is 11.5 Å². The maximum Gasteiger partial charge on any atom is 0.268 e. The van der Waals surface area contributed by atoms with Crippen molar-refractivity contribution in [3.63, 3.8) is 0 Å². The summed E-state index contributed by atoms with van der Waals surface area (Å²) in [6.07, 6.45) is 0.0670. The number of hydrogen-bond acceptors (Lipinski definition) is 5. The first kappa shape index (κ1) is 21.0. The standard InChI is InChI=1S/C23H25NO4S/c1-5-29-21-20(16-10-12-18(13-11-16)28-15(2)3)22(25)24(23(21)26)14-17-8-6-7-9-19(17)27-4/h6-13,15H,5,14H2,1-4H3. The zero-order valence-electron chi connectivity index (χ0n) is 17.1. The van der Waals surface area contributed by atoms with E-state index in [2.05, 4.69) is 0 Å². The number of hydrogen-bond donors (Lipinski definition) is 0. The average molecular weight is 412 g/mol. The maximum atomic E-state index is 13.2. The quantitative estimate of drug-likeness (QED) is 0.598. The monoisotopic (exact) mass is 411 g/mol. The number of para-hydroxylation sites is 1. The highest BCUT2D eigenvalue weighted by molar-refractivity contribution is 8.04. The van der Waals surface area contributed by atoms with Gasteiger partial charge in [0.2, 0.25) is 0 Å². The molecule has 5 nitrogen and oxygen atoms in total. The van der Waals surface area contributed by atoms with Gasteiger partial charge in [-0.05, 0) is 43.4 Å². The molecule has 0 aromatic heterocycles. The highest BCUT2D eigenvalue weighted by Crippen LogP contribution is 2.37. The first-order chi connectivity index (χ1) is 14.0. The normalized spacial score (nSPS) is 14.2. The molecule has 2 aromatic rings. The molecule has 0 spiro atoms. The van der Waals surface area contributed by atoms with Crippen molar-refractivity contribution in [3.05, 3.63) is 64.6 Å². The molecule has 2 aromatic carbocycles. The van der Waals surface area contributed by atoms with Gasteiger partial charge in [0.15, 0.2) is 0 Å². The second-order valence-electron chi connectivity index (χ2n) is 6.84. The number of amides is 2. The van der Waals surface area contributed by atoms with E-state index in [0.717, 1.165) is 16.9 Å². The molecule has 0 radical (unpaired) electrons. The molecule has 6 heteroatoms. The Balaban J connectivity index is 1.93. The maximum absolute atomic E-state index is 13.2. The van der Waals surface area contributed by atoms with E-state index in [1.165, 1.54) is 16.7 Å². The third-order valence-electron chi connectivity index (χ3n) is 4.45. The van der Waals surface area contributed by atoms with Crippen LogP contribution in [0.3, 0.4) is 0 Å². The Kier molecular flexibility index (Phi) is 6.64. The minimum absolute atomic E-state index is 0.0670. The molecule has 0 atom stereocenters. The van der Waals surface area contributed by atoms with E-state index < -0.39 is 0 Å². The second-order valence-corrected chi connectivity index (χ2v) is 8.11. The molecule has 0 aliphatic carbocycles. The SMILES string of the molecule is CCSC1=C(c2ccc(OC(C)C)cc2)C(=O)N(Cc2ccccc2OC)C1=O. The van der Waals surface area contributed by atoms with Gasteiger partial charge < -0.3 is 9.47 Å². The fraction of sp³-hybridized carbons (Fsp3) is 0.304. The molecule has 3 rings (SSSR count). The van der Waals surface area contributed by atoms with Crippen molar-refractivity contribution >= 4 is 29.1 Å². The van der Waals surface area contributed by atoms with Gasteiger partial charge in [-0.25, -0.2) is 0 Å². The zero-order valence-corrected chi connectivity index (χ0v) is 17.9. The van der Waals surface area contributed by atoms with Crippen molar-refractivity contribution < 1.29 is 19.1 Å². The molecule has 0 bridgehead atoms. The van der Waals surface area contributed by atoms with Gasteiger partial charge in [0.25, 0.3) is 11.8 Å². The summed E-state index contributed by atoms with van der Waals surface area (Å²) < 4.78 is 11.1. The molecule has 0 unspecified atom stereocenters. The molecule has 0 fully saturated rings. The number of ether oxygens (including phenoxy) is 2. The van der Waals surface area contributed by atoms with E-state index in [-0.39, 0.29) is 24.5 Å². The van der Waals surface area contributed by atoms with Crippen LogP contribution < -0.4 is 9.47 Å². The van der Waals surface area contributed by atoms with E-state index in [0.29, 0.717) is 22.0 Å². The van der Waals surface area contributed by atoms with Crippen LogP contribution in [0.2, 0.25) is 0 Å². The highest BCUT2D eigenvalue weighted by atomic mass is 32.2. The second kappa shape index (κ2) is 9.18. The van der Waals surface area contributed by atoms with Crippen LogP contribution in [-0.2, 0) is 16.1 Å². The summed E-state index contributed by atoms with van der Waals surface area (Å²) in [5.74, 6) is 1.55. The van der Waals surface area contributed by atoms with E-state index in [1.54, 1.807) is 7.11 Å². The Morgan fingerprint density at radius 2 is 1.69 bits per heavy atom. The van der Waals surface area contributed by atoms with Gasteiger partial charge in [0.05, 0.1) is 30.2 Å². The Hall–Kier alpha value is -2.73. The number of methoxy groups -OCH3 is 1. The molecule has 1 aliphatic heterocycles. The lowest BCUT2D eigenvalue weighted by Gasteiger charge is -2.17. The summed E-state index contributed by atoms with van der Waals surface area (Å²) in [4.78, 5) is 28.1. The molecular weight excluding hydrogens is 386 g/mol. The van der Waals surface area contributed by atoms with Crippen LogP contribution in [0.4, 0.5) is 0 Å². The smallest absolute Gasteiger partial charge is 0.268 e. The minimum Gasteiger partial charge on any atom is -0.496 e. The van der Waals surface area contributed by atoms with Crippen LogP contribution in [0, 0.1) is 0 Å². The lowest BCUT2D eigenvalue weighted by Crippen LogP contribution is -2.31. The Morgan fingerprint density at radius 1 is 1.00 bits per heavy atom. The van der Waals surface area contributed by atoms with Crippen molar-refractivity contribution in [2.75, 3.05) is 12.9 Å². The first-order valence-corrected chi connectivity index (χ1v) is 10.6. The van der Waals surface area contributed by atoms with Gasteiger partial charge >= 0.3 is 0 Å². The Labute approximate surface area is 175 Å². The first-order valence-electron chi connectivity index (χ1n) is 9.58. The average Bonchev–Trinajstić information content (AvgIpc) is 2.93. The highest BCUT2D eigenvalue weighted by Gasteiger charge is 2.39. The van der Waals surface area contributed by atoms with Crippen LogP contribution in [0.15, 0.2) is 53.4 Å². The number of carbonyl (C=O) groups is 2. The number of rotatable bonds is 8. The van der Waals surface area contributed by atoms with Gasteiger partial charge in [0.1, 0.15) is 11.5 Å². The van der Waals surface area contributed by atoms with Gasteiger partial charge in [0, 0.05) is 5.56 Å². The molecule has 152 valence electrons. The predicted molar refractivity (Wildman–Crippen MR) is 116 cm³/mol. The Bertz CT molecular complexity index is 934. The number of nitrogens with zero attached hydrogens (tertiary/aromatic N) is 1. The van der Waals surface area contributed by atoms with Crippen LogP contribution in [0.25, 0.3) is 5.57 Å². The van der Waals surface area contributed by atoms with Crippen molar-refractivity contribution in [2.45, 2.75) is 33.4 Å². The van der Waals surface area contributed by atoms with E-state index in [4.69, 9.17) is 9.47 Å². The van der Waals surface area contributed by atoms with Crippen molar-refractivity contribution in [2.24, 2.45) is 0 Å². The summed E-state index contributed by atoms with van der Waals surface area (Å²) in [6.45, 7) is 6.06. The number of thioether (sulfide) groups is 1. The number of imide groups is 1. The van der Waals surface area contributed by atoms with Crippen LogP contribution in [-0.4, -0.2) is 35.7 Å². The van der Waals surface area contributed by atoms with Gasteiger partial charge in [-0.2, -0.15) is 0 Å². The van der Waals surface area contributed by atoms with Crippen LogP contribution in [0.1, 0.15) is 31.9 Å². The summed E-state index contributed by atoms with van der Waals surface area (Å²) in [5.41, 5.74) is 1.96. The van der Waals surface area contributed by atoms with Gasteiger partial charge in [-0.1, -0.05) is 37.3 Å². The number of carbonyl (C=O) groups excluding carboxylic acids is 2. The van der Waals surface area contributed by atoms with E-state index >= 15 is 0 Å². The summed E-state index contributed by atoms with van der Waals surface area (Å²) in [6, 6.07) is 14.7.